The van der Waals surface area contributed by atoms with Gasteiger partial charge in [-0.3, -0.25) is 9.69 Å². The van der Waals surface area contributed by atoms with E-state index in [1.807, 2.05) is 0 Å². The highest BCUT2D eigenvalue weighted by molar-refractivity contribution is 5.77. The van der Waals surface area contributed by atoms with E-state index in [0.717, 1.165) is 51.9 Å². The second kappa shape index (κ2) is 6.82. The Hall–Kier alpha value is -1.35. The third kappa shape index (κ3) is 3.52. The maximum atomic E-state index is 12.1. The summed E-state index contributed by atoms with van der Waals surface area (Å²) in [5.74, 6) is 0.388. The summed E-state index contributed by atoms with van der Waals surface area (Å²) < 4.78 is 0. The first kappa shape index (κ1) is 15.5. The minimum absolute atomic E-state index is 0.388. The van der Waals surface area contributed by atoms with Crippen LogP contribution in [0, 0.1) is 13.8 Å². The fourth-order valence-corrected chi connectivity index (χ4v) is 3.87. The van der Waals surface area contributed by atoms with E-state index in [9.17, 15) is 4.79 Å². The number of rotatable bonds is 3. The monoisotopic (exact) mass is 300 g/mol. The van der Waals surface area contributed by atoms with E-state index in [2.05, 4.69) is 41.8 Å². The fraction of sp³-hybridized carbons (Fsp3) is 0.632. The first-order valence-corrected chi connectivity index (χ1v) is 8.71. The summed E-state index contributed by atoms with van der Waals surface area (Å²) in [7, 11) is 0. The van der Waals surface area contributed by atoms with E-state index in [0.29, 0.717) is 11.9 Å². The molecule has 2 fully saturated rings. The zero-order valence-electron chi connectivity index (χ0n) is 14.0. The second-order valence-electron chi connectivity index (χ2n) is 6.98. The van der Waals surface area contributed by atoms with Crippen LogP contribution in [0.2, 0.25) is 0 Å². The molecule has 0 radical (unpaired) electrons. The lowest BCUT2D eigenvalue weighted by molar-refractivity contribution is -0.136. The SMILES string of the molecule is Cc1ccc(CN2CCC(N3CCCCC3=O)CC2)c(C)c1. The van der Waals surface area contributed by atoms with Crippen molar-refractivity contribution in [1.82, 2.24) is 9.80 Å². The van der Waals surface area contributed by atoms with Crippen molar-refractivity contribution >= 4 is 5.91 Å². The van der Waals surface area contributed by atoms with Crippen molar-refractivity contribution in [2.45, 2.75) is 58.5 Å². The minimum Gasteiger partial charge on any atom is -0.340 e. The Kier molecular flexibility index (Phi) is 4.82. The summed E-state index contributed by atoms with van der Waals surface area (Å²) in [5.41, 5.74) is 4.18. The summed E-state index contributed by atoms with van der Waals surface area (Å²) >= 11 is 0. The maximum absolute atomic E-state index is 12.1. The van der Waals surface area contributed by atoms with Gasteiger partial charge in [0.25, 0.3) is 0 Å². The highest BCUT2D eigenvalue weighted by Gasteiger charge is 2.29. The molecular weight excluding hydrogens is 272 g/mol. The number of likely N-dealkylation sites (tertiary alicyclic amines) is 2. The highest BCUT2D eigenvalue weighted by Crippen LogP contribution is 2.23. The van der Waals surface area contributed by atoms with Gasteiger partial charge in [-0.05, 0) is 50.7 Å². The number of piperidine rings is 2. The Labute approximate surface area is 134 Å². The second-order valence-corrected chi connectivity index (χ2v) is 6.98. The van der Waals surface area contributed by atoms with Crippen LogP contribution in [-0.4, -0.2) is 41.4 Å². The Morgan fingerprint density at radius 1 is 1.09 bits per heavy atom. The number of carbonyl (C=O) groups excluding carboxylic acids is 1. The molecule has 0 unspecified atom stereocenters. The maximum Gasteiger partial charge on any atom is 0.222 e. The summed E-state index contributed by atoms with van der Waals surface area (Å²) in [6.45, 7) is 8.62. The number of hydrogen-bond acceptors (Lipinski definition) is 2. The third-order valence-electron chi connectivity index (χ3n) is 5.25. The number of nitrogens with zero attached hydrogens (tertiary/aromatic N) is 2. The van der Waals surface area contributed by atoms with Crippen LogP contribution in [0.15, 0.2) is 18.2 Å². The molecule has 1 aromatic rings. The van der Waals surface area contributed by atoms with E-state index in [4.69, 9.17) is 0 Å². The Bertz CT molecular complexity index is 532. The van der Waals surface area contributed by atoms with Gasteiger partial charge in [0, 0.05) is 38.6 Å². The molecular formula is C19H28N2O. The van der Waals surface area contributed by atoms with Crippen LogP contribution in [0.1, 0.15) is 48.8 Å². The molecule has 120 valence electrons. The Morgan fingerprint density at radius 3 is 2.55 bits per heavy atom. The molecule has 3 heteroatoms. The predicted molar refractivity (Wildman–Crippen MR) is 89.8 cm³/mol. The molecule has 3 rings (SSSR count). The number of amides is 1. The Morgan fingerprint density at radius 2 is 1.86 bits per heavy atom. The van der Waals surface area contributed by atoms with Crippen molar-refractivity contribution < 1.29 is 4.79 Å². The molecule has 1 amide bonds. The molecule has 22 heavy (non-hydrogen) atoms. The van der Waals surface area contributed by atoms with Gasteiger partial charge in [-0.25, -0.2) is 0 Å². The smallest absolute Gasteiger partial charge is 0.222 e. The lowest BCUT2D eigenvalue weighted by Crippen LogP contribution is -2.48. The fourth-order valence-electron chi connectivity index (χ4n) is 3.87. The number of carbonyl (C=O) groups is 1. The van der Waals surface area contributed by atoms with E-state index in [-0.39, 0.29) is 0 Å². The lowest BCUT2D eigenvalue weighted by Gasteiger charge is -2.40. The van der Waals surface area contributed by atoms with Crippen molar-refractivity contribution in [1.29, 1.82) is 0 Å². The summed E-state index contributed by atoms with van der Waals surface area (Å²) in [6.07, 6.45) is 5.31. The average molecular weight is 300 g/mol. The molecule has 0 aromatic heterocycles. The molecule has 0 saturated carbocycles. The predicted octanol–water partition coefficient (Wildman–Crippen LogP) is 3.28. The summed E-state index contributed by atoms with van der Waals surface area (Å²) in [5, 5.41) is 0. The van der Waals surface area contributed by atoms with Crippen molar-refractivity contribution in [3.8, 4) is 0 Å². The van der Waals surface area contributed by atoms with Gasteiger partial charge in [0.2, 0.25) is 5.91 Å². The molecule has 2 aliphatic heterocycles. The molecule has 1 aromatic carbocycles. The van der Waals surface area contributed by atoms with Crippen LogP contribution in [0.5, 0.6) is 0 Å². The van der Waals surface area contributed by atoms with Gasteiger partial charge >= 0.3 is 0 Å². The molecule has 3 nitrogen and oxygen atoms in total. The van der Waals surface area contributed by atoms with Crippen molar-refractivity contribution in [3.05, 3.63) is 34.9 Å². The molecule has 2 saturated heterocycles. The van der Waals surface area contributed by atoms with E-state index >= 15 is 0 Å². The summed E-state index contributed by atoms with van der Waals surface area (Å²) in [6, 6.07) is 7.24. The van der Waals surface area contributed by atoms with Gasteiger partial charge < -0.3 is 4.90 Å². The lowest BCUT2D eigenvalue weighted by atomic mass is 9.98. The van der Waals surface area contributed by atoms with Gasteiger partial charge in [0.1, 0.15) is 0 Å². The van der Waals surface area contributed by atoms with Crippen LogP contribution in [0.3, 0.4) is 0 Å². The first-order valence-electron chi connectivity index (χ1n) is 8.71. The molecule has 2 aliphatic rings. The van der Waals surface area contributed by atoms with Crippen LogP contribution in [0.25, 0.3) is 0 Å². The minimum atomic E-state index is 0.388. The van der Waals surface area contributed by atoms with Gasteiger partial charge in [0.05, 0.1) is 0 Å². The zero-order valence-corrected chi connectivity index (χ0v) is 14.0. The largest absolute Gasteiger partial charge is 0.340 e. The zero-order chi connectivity index (χ0) is 15.5. The van der Waals surface area contributed by atoms with E-state index in [1.54, 1.807) is 0 Å². The van der Waals surface area contributed by atoms with E-state index in [1.165, 1.54) is 23.1 Å². The average Bonchev–Trinajstić information content (AvgIpc) is 2.51. The molecule has 2 heterocycles. The van der Waals surface area contributed by atoms with Gasteiger partial charge in [-0.2, -0.15) is 0 Å². The standard InChI is InChI=1S/C19H28N2O/c1-15-6-7-17(16(2)13-15)14-20-11-8-18(9-12-20)21-10-4-3-5-19(21)22/h6-7,13,18H,3-5,8-12,14H2,1-2H3. The number of benzene rings is 1. The van der Waals surface area contributed by atoms with Crippen LogP contribution in [0.4, 0.5) is 0 Å². The quantitative estimate of drug-likeness (QED) is 0.855. The van der Waals surface area contributed by atoms with Crippen molar-refractivity contribution in [3.63, 3.8) is 0 Å². The first-order chi connectivity index (χ1) is 10.6. The van der Waals surface area contributed by atoms with Crippen LogP contribution in [-0.2, 0) is 11.3 Å². The van der Waals surface area contributed by atoms with Crippen LogP contribution < -0.4 is 0 Å². The topological polar surface area (TPSA) is 23.6 Å². The Balaban J connectivity index is 1.54. The molecule has 0 bridgehead atoms. The molecule has 0 atom stereocenters. The van der Waals surface area contributed by atoms with Gasteiger partial charge in [-0.1, -0.05) is 23.8 Å². The van der Waals surface area contributed by atoms with E-state index < -0.39 is 0 Å². The van der Waals surface area contributed by atoms with Crippen molar-refractivity contribution in [2.24, 2.45) is 0 Å². The molecule has 0 spiro atoms. The number of hydrogen-bond donors (Lipinski definition) is 0. The molecule has 0 aliphatic carbocycles. The summed E-state index contributed by atoms with van der Waals surface area (Å²) in [4.78, 5) is 16.8. The van der Waals surface area contributed by atoms with Crippen LogP contribution >= 0.6 is 0 Å². The van der Waals surface area contributed by atoms with Gasteiger partial charge in [-0.15, -0.1) is 0 Å². The van der Waals surface area contributed by atoms with Crippen molar-refractivity contribution in [2.75, 3.05) is 19.6 Å². The van der Waals surface area contributed by atoms with Gasteiger partial charge in [0.15, 0.2) is 0 Å². The molecule has 0 N–H and O–H groups in total. The highest BCUT2D eigenvalue weighted by atomic mass is 16.2. The number of aryl methyl sites for hydroxylation is 2. The third-order valence-corrected chi connectivity index (χ3v) is 5.25. The normalized spacial score (nSPS) is 21.4.